The van der Waals surface area contributed by atoms with E-state index in [1.54, 1.807) is 0 Å². The number of aliphatic imine (C=N–C) groups is 1. The fraction of sp³-hybridized carbons (Fsp3) is 0.417. The number of hydrogen-bond acceptors (Lipinski definition) is 3. The van der Waals surface area contributed by atoms with Gasteiger partial charge in [0.1, 0.15) is 0 Å². The molecule has 0 saturated carbocycles. The lowest BCUT2D eigenvalue weighted by molar-refractivity contribution is -0.117. The molecule has 0 bridgehead atoms. The normalized spacial score (nSPS) is 18.8. The maximum absolute atomic E-state index is 11.9. The molecule has 2 aliphatic heterocycles. The first-order valence-corrected chi connectivity index (χ1v) is 11.0. The van der Waals surface area contributed by atoms with Crippen molar-refractivity contribution >= 4 is 47.2 Å². The number of anilines is 2. The molecule has 2 aliphatic rings. The van der Waals surface area contributed by atoms with Crippen LogP contribution in [0, 0.1) is 0 Å². The van der Waals surface area contributed by atoms with E-state index in [0.717, 1.165) is 56.2 Å². The highest BCUT2D eigenvalue weighted by atomic mass is 127. The number of halogens is 1. The number of hydrogen-bond donors (Lipinski definition) is 2. The van der Waals surface area contributed by atoms with E-state index in [0.29, 0.717) is 19.0 Å². The Hall–Kier alpha value is -2.29. The van der Waals surface area contributed by atoms with Crippen molar-refractivity contribution in [2.45, 2.75) is 38.8 Å². The molecular weight excluding hydrogens is 501 g/mol. The molecule has 0 spiro atoms. The van der Waals surface area contributed by atoms with Gasteiger partial charge in [-0.25, -0.2) is 4.99 Å². The molecule has 31 heavy (non-hydrogen) atoms. The van der Waals surface area contributed by atoms with Crippen molar-refractivity contribution in [2.24, 2.45) is 4.99 Å². The highest BCUT2D eigenvalue weighted by Crippen LogP contribution is 2.22. The van der Waals surface area contributed by atoms with Crippen LogP contribution >= 0.6 is 24.0 Å². The van der Waals surface area contributed by atoms with Crippen LogP contribution in [0.4, 0.5) is 11.4 Å². The Labute approximate surface area is 202 Å². The third-order valence-corrected chi connectivity index (χ3v) is 5.74. The summed E-state index contributed by atoms with van der Waals surface area (Å²) in [5.41, 5.74) is 3.41. The molecule has 0 aromatic heterocycles. The van der Waals surface area contributed by atoms with Crippen molar-refractivity contribution in [1.82, 2.24) is 10.6 Å². The third kappa shape index (κ3) is 6.12. The molecule has 166 valence electrons. The largest absolute Gasteiger partial charge is 0.369 e. The molecule has 7 heteroatoms. The van der Waals surface area contributed by atoms with E-state index >= 15 is 0 Å². The fourth-order valence-corrected chi connectivity index (χ4v) is 4.14. The van der Waals surface area contributed by atoms with Gasteiger partial charge >= 0.3 is 0 Å². The quantitative estimate of drug-likeness (QED) is 0.338. The molecular formula is C24H32IN5O. The Morgan fingerprint density at radius 3 is 2.52 bits per heavy atom. The minimum Gasteiger partial charge on any atom is -0.369 e. The summed E-state index contributed by atoms with van der Waals surface area (Å²) in [4.78, 5) is 21.0. The van der Waals surface area contributed by atoms with Gasteiger partial charge in [-0.15, -0.1) is 24.0 Å². The number of carbonyl (C=O) groups excluding carboxylic acids is 1. The van der Waals surface area contributed by atoms with Gasteiger partial charge in [0, 0.05) is 50.0 Å². The Morgan fingerprint density at radius 2 is 1.84 bits per heavy atom. The summed E-state index contributed by atoms with van der Waals surface area (Å²) in [5, 5.41) is 6.96. The molecule has 2 fully saturated rings. The Bertz CT molecular complexity index is 871. The number of nitrogens with one attached hydrogen (secondary N) is 2. The van der Waals surface area contributed by atoms with E-state index < -0.39 is 0 Å². The van der Waals surface area contributed by atoms with Crippen LogP contribution in [-0.4, -0.2) is 44.1 Å². The van der Waals surface area contributed by atoms with E-state index in [1.807, 2.05) is 17.0 Å². The second-order valence-corrected chi connectivity index (χ2v) is 7.92. The van der Waals surface area contributed by atoms with Crippen molar-refractivity contribution in [3.63, 3.8) is 0 Å². The summed E-state index contributed by atoms with van der Waals surface area (Å²) in [6.07, 6.45) is 2.70. The van der Waals surface area contributed by atoms with Crippen LogP contribution in [0.5, 0.6) is 0 Å². The van der Waals surface area contributed by atoms with Crippen LogP contribution in [-0.2, 0) is 11.3 Å². The summed E-state index contributed by atoms with van der Waals surface area (Å²) < 4.78 is 0. The fourth-order valence-electron chi connectivity index (χ4n) is 4.14. The predicted molar refractivity (Wildman–Crippen MR) is 138 cm³/mol. The SMILES string of the molecule is CCNC(=NCc1ccc(N2CCCC2=O)cc1)NC1CCN(c2ccccc2)C1.I. The first kappa shape index (κ1) is 23.4. The van der Waals surface area contributed by atoms with Crippen LogP contribution in [0.1, 0.15) is 31.7 Å². The van der Waals surface area contributed by atoms with Gasteiger partial charge in [-0.2, -0.15) is 0 Å². The molecule has 1 amide bonds. The zero-order valence-corrected chi connectivity index (χ0v) is 20.4. The first-order valence-electron chi connectivity index (χ1n) is 11.0. The molecule has 2 aromatic rings. The number of benzene rings is 2. The van der Waals surface area contributed by atoms with Gasteiger partial charge in [0.15, 0.2) is 5.96 Å². The number of para-hydroxylation sites is 1. The smallest absolute Gasteiger partial charge is 0.227 e. The van der Waals surface area contributed by atoms with Crippen LogP contribution < -0.4 is 20.4 Å². The standard InChI is InChI=1S/C24H31N5O.HI/c1-2-25-24(27-20-14-16-28(18-20)21-7-4-3-5-8-21)26-17-19-10-12-22(13-11-19)29-15-6-9-23(29)30;/h3-5,7-8,10-13,20H,2,6,9,14-18H2,1H3,(H2,25,26,27);1H. The van der Waals surface area contributed by atoms with E-state index in [-0.39, 0.29) is 29.9 Å². The monoisotopic (exact) mass is 533 g/mol. The molecule has 0 radical (unpaired) electrons. The summed E-state index contributed by atoms with van der Waals surface area (Å²) >= 11 is 0. The van der Waals surface area contributed by atoms with E-state index in [1.165, 1.54) is 5.69 Å². The molecule has 1 atom stereocenters. The molecule has 4 rings (SSSR count). The number of rotatable bonds is 6. The third-order valence-electron chi connectivity index (χ3n) is 5.74. The lowest BCUT2D eigenvalue weighted by Crippen LogP contribution is -2.44. The van der Waals surface area contributed by atoms with Crippen LogP contribution in [0.2, 0.25) is 0 Å². The van der Waals surface area contributed by atoms with Gasteiger partial charge in [-0.05, 0) is 49.6 Å². The number of guanidine groups is 1. The molecule has 6 nitrogen and oxygen atoms in total. The maximum atomic E-state index is 11.9. The van der Waals surface area contributed by atoms with Gasteiger partial charge in [-0.3, -0.25) is 4.79 Å². The minimum atomic E-state index is 0. The molecule has 2 saturated heterocycles. The van der Waals surface area contributed by atoms with Gasteiger partial charge in [-0.1, -0.05) is 30.3 Å². The number of carbonyl (C=O) groups is 1. The highest BCUT2D eigenvalue weighted by Gasteiger charge is 2.23. The lowest BCUT2D eigenvalue weighted by Gasteiger charge is -2.20. The minimum absolute atomic E-state index is 0. The van der Waals surface area contributed by atoms with Crippen molar-refractivity contribution in [2.75, 3.05) is 36.0 Å². The lowest BCUT2D eigenvalue weighted by atomic mass is 10.2. The molecule has 2 N–H and O–H groups in total. The summed E-state index contributed by atoms with van der Waals surface area (Å²) in [6.45, 7) is 6.39. The zero-order valence-electron chi connectivity index (χ0n) is 18.1. The van der Waals surface area contributed by atoms with E-state index in [2.05, 4.69) is 64.9 Å². The summed E-state index contributed by atoms with van der Waals surface area (Å²) in [6, 6.07) is 19.2. The van der Waals surface area contributed by atoms with Crippen LogP contribution in [0.25, 0.3) is 0 Å². The van der Waals surface area contributed by atoms with Crippen molar-refractivity contribution in [3.05, 3.63) is 60.2 Å². The molecule has 2 aromatic carbocycles. The average Bonchev–Trinajstić information content (AvgIpc) is 3.42. The Balaban J connectivity index is 0.00000272. The molecule has 1 unspecified atom stereocenters. The summed E-state index contributed by atoms with van der Waals surface area (Å²) in [7, 11) is 0. The van der Waals surface area contributed by atoms with E-state index in [4.69, 9.17) is 4.99 Å². The first-order chi connectivity index (χ1) is 14.7. The van der Waals surface area contributed by atoms with Crippen molar-refractivity contribution in [3.8, 4) is 0 Å². The van der Waals surface area contributed by atoms with Gasteiger partial charge < -0.3 is 20.4 Å². The second kappa shape index (κ2) is 11.4. The second-order valence-electron chi connectivity index (χ2n) is 7.92. The van der Waals surface area contributed by atoms with Crippen molar-refractivity contribution in [1.29, 1.82) is 0 Å². The Kier molecular flexibility index (Phi) is 8.57. The van der Waals surface area contributed by atoms with Crippen LogP contribution in [0.3, 0.4) is 0 Å². The van der Waals surface area contributed by atoms with Gasteiger partial charge in [0.2, 0.25) is 5.91 Å². The number of amides is 1. The van der Waals surface area contributed by atoms with Gasteiger partial charge in [0.05, 0.1) is 6.54 Å². The average molecular weight is 533 g/mol. The topological polar surface area (TPSA) is 60.0 Å². The predicted octanol–water partition coefficient (Wildman–Crippen LogP) is 3.77. The Morgan fingerprint density at radius 1 is 1.06 bits per heavy atom. The zero-order chi connectivity index (χ0) is 20.8. The van der Waals surface area contributed by atoms with Crippen LogP contribution in [0.15, 0.2) is 59.6 Å². The number of nitrogens with zero attached hydrogens (tertiary/aromatic N) is 3. The molecule has 0 aliphatic carbocycles. The molecule has 2 heterocycles. The highest BCUT2D eigenvalue weighted by molar-refractivity contribution is 14.0. The van der Waals surface area contributed by atoms with Crippen molar-refractivity contribution < 1.29 is 4.79 Å². The van der Waals surface area contributed by atoms with Gasteiger partial charge in [0.25, 0.3) is 0 Å². The van der Waals surface area contributed by atoms with E-state index in [9.17, 15) is 4.79 Å². The maximum Gasteiger partial charge on any atom is 0.227 e. The summed E-state index contributed by atoms with van der Waals surface area (Å²) in [5.74, 6) is 1.08.